The van der Waals surface area contributed by atoms with Crippen molar-refractivity contribution in [1.82, 2.24) is 4.98 Å². The van der Waals surface area contributed by atoms with E-state index in [0.717, 1.165) is 25.0 Å². The van der Waals surface area contributed by atoms with Gasteiger partial charge in [0.15, 0.2) is 0 Å². The van der Waals surface area contributed by atoms with Gasteiger partial charge in [0.25, 0.3) is 0 Å². The molecular formula is C11H13NO3. The summed E-state index contributed by atoms with van der Waals surface area (Å²) in [6.45, 7) is 1.40. The van der Waals surface area contributed by atoms with Crippen molar-refractivity contribution in [2.75, 3.05) is 13.2 Å². The van der Waals surface area contributed by atoms with Gasteiger partial charge in [0.05, 0.1) is 12.2 Å². The summed E-state index contributed by atoms with van der Waals surface area (Å²) in [6.07, 6.45) is 5.03. The molecular weight excluding hydrogens is 194 g/mol. The summed E-state index contributed by atoms with van der Waals surface area (Å²) in [6, 6.07) is 1.78. The van der Waals surface area contributed by atoms with Crippen LogP contribution >= 0.6 is 0 Å². The van der Waals surface area contributed by atoms with Crippen LogP contribution in [-0.4, -0.2) is 29.3 Å². The lowest BCUT2D eigenvalue weighted by Gasteiger charge is -2.23. The first kappa shape index (κ1) is 10.1. The van der Waals surface area contributed by atoms with Crippen LogP contribution in [0.5, 0.6) is 0 Å². The van der Waals surface area contributed by atoms with Gasteiger partial charge in [0, 0.05) is 24.9 Å². The highest BCUT2D eigenvalue weighted by Crippen LogP contribution is 2.27. The average molecular weight is 207 g/mol. The summed E-state index contributed by atoms with van der Waals surface area (Å²) >= 11 is 0. The quantitative estimate of drug-likeness (QED) is 0.801. The zero-order valence-electron chi connectivity index (χ0n) is 8.35. The molecule has 2 heterocycles. The van der Waals surface area contributed by atoms with Crippen LogP contribution < -0.4 is 0 Å². The maximum atomic E-state index is 11.0. The first-order chi connectivity index (χ1) is 7.29. The average Bonchev–Trinajstić information content (AvgIpc) is 2.30. The van der Waals surface area contributed by atoms with Crippen molar-refractivity contribution in [3.8, 4) is 0 Å². The van der Waals surface area contributed by atoms with Crippen LogP contribution in [0.4, 0.5) is 0 Å². The number of aromatic carboxylic acids is 1. The van der Waals surface area contributed by atoms with E-state index in [1.54, 1.807) is 12.3 Å². The van der Waals surface area contributed by atoms with Gasteiger partial charge in [-0.25, -0.2) is 4.79 Å². The topological polar surface area (TPSA) is 59.4 Å². The van der Waals surface area contributed by atoms with Crippen molar-refractivity contribution in [1.29, 1.82) is 0 Å². The first-order valence-corrected chi connectivity index (χ1v) is 5.04. The largest absolute Gasteiger partial charge is 0.478 e. The van der Waals surface area contributed by atoms with E-state index in [-0.39, 0.29) is 5.92 Å². The minimum Gasteiger partial charge on any atom is -0.478 e. The number of nitrogens with zero attached hydrogens (tertiary/aromatic N) is 1. The maximum Gasteiger partial charge on any atom is 0.337 e. The third-order valence-corrected chi connectivity index (χ3v) is 2.69. The second-order valence-corrected chi connectivity index (χ2v) is 3.68. The normalized spacial score (nSPS) is 21.2. The van der Waals surface area contributed by atoms with Gasteiger partial charge in [-0.15, -0.1) is 0 Å². The Morgan fingerprint density at radius 3 is 3.13 bits per heavy atom. The van der Waals surface area contributed by atoms with Crippen molar-refractivity contribution in [3.63, 3.8) is 0 Å². The molecule has 1 fully saturated rings. The molecule has 0 aliphatic carbocycles. The molecule has 0 bridgehead atoms. The Balaban J connectivity index is 2.29. The minimum absolute atomic E-state index is 0.202. The second kappa shape index (κ2) is 4.40. The number of pyridine rings is 1. The molecule has 15 heavy (non-hydrogen) atoms. The lowest BCUT2D eigenvalue weighted by molar-refractivity contribution is 0.0680. The van der Waals surface area contributed by atoms with Crippen molar-refractivity contribution >= 4 is 5.97 Å². The number of hydrogen-bond donors (Lipinski definition) is 1. The Kier molecular flexibility index (Phi) is 2.97. The number of carboxylic acid groups (broad SMARTS) is 1. The molecule has 0 saturated carbocycles. The molecule has 1 unspecified atom stereocenters. The van der Waals surface area contributed by atoms with Gasteiger partial charge in [-0.3, -0.25) is 4.98 Å². The monoisotopic (exact) mass is 207 g/mol. The second-order valence-electron chi connectivity index (χ2n) is 3.68. The molecule has 1 N–H and O–H groups in total. The summed E-state index contributed by atoms with van der Waals surface area (Å²) in [4.78, 5) is 14.8. The van der Waals surface area contributed by atoms with E-state index in [1.165, 1.54) is 6.20 Å². The minimum atomic E-state index is -0.913. The van der Waals surface area contributed by atoms with Gasteiger partial charge in [-0.05, 0) is 24.5 Å². The number of ether oxygens (including phenoxy) is 1. The zero-order valence-corrected chi connectivity index (χ0v) is 8.35. The molecule has 1 atom stereocenters. The van der Waals surface area contributed by atoms with Crippen molar-refractivity contribution in [2.24, 2.45) is 0 Å². The number of hydrogen-bond acceptors (Lipinski definition) is 3. The number of rotatable bonds is 2. The van der Waals surface area contributed by atoms with Crippen molar-refractivity contribution < 1.29 is 14.6 Å². The Labute approximate surface area is 87.9 Å². The molecule has 0 aromatic carbocycles. The first-order valence-electron chi connectivity index (χ1n) is 5.04. The molecule has 4 heteroatoms. The molecule has 80 valence electrons. The number of aromatic nitrogens is 1. The van der Waals surface area contributed by atoms with Crippen LogP contribution in [0.15, 0.2) is 18.5 Å². The Hall–Kier alpha value is -1.42. The number of carboxylic acids is 1. The van der Waals surface area contributed by atoms with Crippen LogP contribution in [0.3, 0.4) is 0 Å². The molecule has 0 spiro atoms. The predicted molar refractivity (Wildman–Crippen MR) is 54.0 cm³/mol. The Morgan fingerprint density at radius 1 is 1.60 bits per heavy atom. The van der Waals surface area contributed by atoms with E-state index in [1.807, 2.05) is 0 Å². The molecule has 1 saturated heterocycles. The smallest absolute Gasteiger partial charge is 0.337 e. The molecule has 0 radical (unpaired) electrons. The van der Waals surface area contributed by atoms with Gasteiger partial charge in [-0.1, -0.05) is 0 Å². The van der Waals surface area contributed by atoms with E-state index >= 15 is 0 Å². The fraction of sp³-hybridized carbons (Fsp3) is 0.455. The highest BCUT2D eigenvalue weighted by Gasteiger charge is 2.21. The lowest BCUT2D eigenvalue weighted by atomic mass is 9.91. The van der Waals surface area contributed by atoms with Crippen molar-refractivity contribution in [2.45, 2.75) is 18.8 Å². The Morgan fingerprint density at radius 2 is 2.47 bits per heavy atom. The summed E-state index contributed by atoms with van der Waals surface area (Å²) < 4.78 is 5.36. The molecule has 2 rings (SSSR count). The van der Waals surface area contributed by atoms with E-state index in [9.17, 15) is 4.79 Å². The summed E-state index contributed by atoms with van der Waals surface area (Å²) in [5.74, 6) is -0.712. The van der Waals surface area contributed by atoms with E-state index in [2.05, 4.69) is 4.98 Å². The van der Waals surface area contributed by atoms with Crippen LogP contribution in [0, 0.1) is 0 Å². The summed E-state index contributed by atoms with van der Waals surface area (Å²) in [7, 11) is 0. The van der Waals surface area contributed by atoms with Gasteiger partial charge in [-0.2, -0.15) is 0 Å². The fourth-order valence-electron chi connectivity index (χ4n) is 1.93. The third-order valence-electron chi connectivity index (χ3n) is 2.69. The molecule has 1 aliphatic rings. The lowest BCUT2D eigenvalue weighted by Crippen LogP contribution is -2.18. The molecule has 1 aromatic heterocycles. The Bertz CT molecular complexity index is 359. The molecule has 1 aliphatic heterocycles. The zero-order chi connectivity index (χ0) is 10.7. The summed E-state index contributed by atoms with van der Waals surface area (Å²) in [5.41, 5.74) is 1.14. The SMILES string of the molecule is O=C(O)c1cnccc1C1CCCOC1. The predicted octanol–water partition coefficient (Wildman–Crippen LogP) is 1.67. The van der Waals surface area contributed by atoms with E-state index in [0.29, 0.717) is 12.2 Å². The van der Waals surface area contributed by atoms with Crippen LogP contribution in [0.25, 0.3) is 0 Å². The highest BCUT2D eigenvalue weighted by atomic mass is 16.5. The molecule has 0 amide bonds. The number of carbonyl (C=O) groups is 1. The highest BCUT2D eigenvalue weighted by molar-refractivity contribution is 5.89. The third kappa shape index (κ3) is 2.15. The van der Waals surface area contributed by atoms with Gasteiger partial charge in [0.1, 0.15) is 0 Å². The van der Waals surface area contributed by atoms with Crippen molar-refractivity contribution in [3.05, 3.63) is 29.6 Å². The standard InChI is InChI=1S/C11H13NO3/c13-11(14)10-6-12-4-3-9(10)8-2-1-5-15-7-8/h3-4,6,8H,1-2,5,7H2,(H,13,14). The molecule has 4 nitrogen and oxygen atoms in total. The van der Waals surface area contributed by atoms with E-state index in [4.69, 9.17) is 9.84 Å². The maximum absolute atomic E-state index is 11.0. The van der Waals surface area contributed by atoms with Crippen LogP contribution in [-0.2, 0) is 4.74 Å². The van der Waals surface area contributed by atoms with Crippen LogP contribution in [0.2, 0.25) is 0 Å². The fourth-order valence-corrected chi connectivity index (χ4v) is 1.93. The van der Waals surface area contributed by atoms with Gasteiger partial charge in [0.2, 0.25) is 0 Å². The summed E-state index contributed by atoms with van der Waals surface area (Å²) in [5, 5.41) is 9.02. The van der Waals surface area contributed by atoms with Crippen LogP contribution in [0.1, 0.15) is 34.7 Å². The molecule has 1 aromatic rings. The van der Waals surface area contributed by atoms with Gasteiger partial charge < -0.3 is 9.84 Å². The van der Waals surface area contributed by atoms with E-state index < -0.39 is 5.97 Å². The van der Waals surface area contributed by atoms with Gasteiger partial charge >= 0.3 is 5.97 Å².